The number of rotatable bonds is 2. The first-order valence-electron chi connectivity index (χ1n) is 5.71. The molecular formula is C14H12N4. The molecule has 18 heavy (non-hydrogen) atoms. The van der Waals surface area contributed by atoms with Gasteiger partial charge in [-0.3, -0.25) is 15.0 Å². The SMILES string of the molecule is NC(c1cnccn1)c1cccc2cccnc12. The summed E-state index contributed by atoms with van der Waals surface area (Å²) in [6, 6.07) is 9.62. The Bertz CT molecular complexity index is 661. The standard InChI is InChI=1S/C14H12N4/c15-13(12-9-16-7-8-17-12)11-5-1-3-10-4-2-6-18-14(10)11/h1-9,13H,15H2. The van der Waals surface area contributed by atoms with Crippen LogP contribution in [0.4, 0.5) is 0 Å². The molecule has 4 heteroatoms. The second-order valence-electron chi connectivity index (χ2n) is 4.03. The van der Waals surface area contributed by atoms with Crippen LogP contribution in [0, 0.1) is 0 Å². The third-order valence-electron chi connectivity index (χ3n) is 2.90. The van der Waals surface area contributed by atoms with Gasteiger partial charge in [-0.2, -0.15) is 0 Å². The lowest BCUT2D eigenvalue weighted by atomic mass is 10.0. The van der Waals surface area contributed by atoms with E-state index < -0.39 is 0 Å². The molecule has 2 heterocycles. The Hall–Kier alpha value is -2.33. The van der Waals surface area contributed by atoms with Gasteiger partial charge in [0.15, 0.2) is 0 Å². The highest BCUT2D eigenvalue weighted by molar-refractivity contribution is 5.82. The Morgan fingerprint density at radius 3 is 2.67 bits per heavy atom. The highest BCUT2D eigenvalue weighted by Crippen LogP contribution is 2.24. The molecule has 4 nitrogen and oxygen atoms in total. The van der Waals surface area contributed by atoms with Gasteiger partial charge in [0.05, 0.1) is 23.4 Å². The van der Waals surface area contributed by atoms with Gasteiger partial charge in [-0.1, -0.05) is 24.3 Å². The molecular weight excluding hydrogens is 224 g/mol. The van der Waals surface area contributed by atoms with Crippen LogP contribution in [-0.2, 0) is 0 Å². The number of para-hydroxylation sites is 1. The maximum atomic E-state index is 6.24. The van der Waals surface area contributed by atoms with Crippen molar-refractivity contribution in [2.24, 2.45) is 5.73 Å². The molecule has 1 atom stereocenters. The molecule has 0 amide bonds. The molecule has 2 aromatic heterocycles. The predicted molar refractivity (Wildman–Crippen MR) is 69.8 cm³/mol. The predicted octanol–water partition coefficient (Wildman–Crippen LogP) is 2.07. The van der Waals surface area contributed by atoms with Crippen molar-refractivity contribution in [3.05, 3.63) is 66.4 Å². The van der Waals surface area contributed by atoms with Crippen LogP contribution in [0.2, 0.25) is 0 Å². The molecule has 0 bridgehead atoms. The van der Waals surface area contributed by atoms with Gasteiger partial charge >= 0.3 is 0 Å². The smallest absolute Gasteiger partial charge is 0.0800 e. The summed E-state index contributed by atoms with van der Waals surface area (Å²) in [6.45, 7) is 0. The van der Waals surface area contributed by atoms with E-state index in [0.717, 1.165) is 22.2 Å². The second kappa shape index (κ2) is 4.50. The van der Waals surface area contributed by atoms with Gasteiger partial charge in [-0.25, -0.2) is 0 Å². The summed E-state index contributed by atoms with van der Waals surface area (Å²) in [5.74, 6) is 0. The largest absolute Gasteiger partial charge is 0.319 e. The van der Waals surface area contributed by atoms with Crippen LogP contribution < -0.4 is 5.73 Å². The van der Waals surface area contributed by atoms with Gasteiger partial charge < -0.3 is 5.73 Å². The Morgan fingerprint density at radius 2 is 1.83 bits per heavy atom. The minimum absolute atomic E-state index is 0.308. The third-order valence-corrected chi connectivity index (χ3v) is 2.90. The lowest BCUT2D eigenvalue weighted by Gasteiger charge is -2.12. The fourth-order valence-electron chi connectivity index (χ4n) is 2.01. The molecule has 88 valence electrons. The van der Waals surface area contributed by atoms with Crippen LogP contribution in [0.1, 0.15) is 17.3 Å². The van der Waals surface area contributed by atoms with Gasteiger partial charge in [0.1, 0.15) is 0 Å². The maximum Gasteiger partial charge on any atom is 0.0800 e. The number of hydrogen-bond acceptors (Lipinski definition) is 4. The minimum atomic E-state index is -0.308. The van der Waals surface area contributed by atoms with Crippen molar-refractivity contribution in [1.29, 1.82) is 0 Å². The van der Waals surface area contributed by atoms with Crippen molar-refractivity contribution in [2.45, 2.75) is 6.04 Å². The fraction of sp³-hybridized carbons (Fsp3) is 0.0714. The van der Waals surface area contributed by atoms with E-state index in [4.69, 9.17) is 5.73 Å². The zero-order valence-electron chi connectivity index (χ0n) is 9.69. The summed E-state index contributed by atoms with van der Waals surface area (Å²) >= 11 is 0. The molecule has 1 unspecified atom stereocenters. The highest BCUT2D eigenvalue weighted by Gasteiger charge is 2.13. The number of hydrogen-bond donors (Lipinski definition) is 1. The zero-order chi connectivity index (χ0) is 12.4. The van der Waals surface area contributed by atoms with Crippen LogP contribution in [-0.4, -0.2) is 15.0 Å². The highest BCUT2D eigenvalue weighted by atomic mass is 14.8. The van der Waals surface area contributed by atoms with Crippen LogP contribution in [0.15, 0.2) is 55.1 Å². The van der Waals surface area contributed by atoms with Crippen LogP contribution >= 0.6 is 0 Å². The van der Waals surface area contributed by atoms with Gasteiger partial charge in [0, 0.05) is 29.5 Å². The molecule has 0 spiro atoms. The summed E-state index contributed by atoms with van der Waals surface area (Å²) in [4.78, 5) is 12.7. The first-order chi connectivity index (χ1) is 8.86. The fourth-order valence-corrected chi connectivity index (χ4v) is 2.01. The van der Waals surface area contributed by atoms with Crippen molar-refractivity contribution in [3.8, 4) is 0 Å². The van der Waals surface area contributed by atoms with E-state index in [-0.39, 0.29) is 6.04 Å². The van der Waals surface area contributed by atoms with E-state index in [0.29, 0.717) is 0 Å². The molecule has 0 saturated heterocycles. The van der Waals surface area contributed by atoms with Gasteiger partial charge in [-0.15, -0.1) is 0 Å². The van der Waals surface area contributed by atoms with Crippen molar-refractivity contribution in [3.63, 3.8) is 0 Å². The average molecular weight is 236 g/mol. The molecule has 2 N–H and O–H groups in total. The number of benzene rings is 1. The van der Waals surface area contributed by atoms with Gasteiger partial charge in [0.25, 0.3) is 0 Å². The Balaban J connectivity index is 2.15. The van der Waals surface area contributed by atoms with Crippen molar-refractivity contribution in [1.82, 2.24) is 15.0 Å². The summed E-state index contributed by atoms with van der Waals surface area (Å²) in [7, 11) is 0. The number of aromatic nitrogens is 3. The lowest BCUT2D eigenvalue weighted by molar-refractivity contribution is 0.822. The summed E-state index contributed by atoms with van der Waals surface area (Å²) < 4.78 is 0. The molecule has 0 radical (unpaired) electrons. The molecule has 3 rings (SSSR count). The summed E-state index contributed by atoms with van der Waals surface area (Å²) in [5.41, 5.74) is 8.87. The van der Waals surface area contributed by atoms with E-state index in [1.54, 1.807) is 24.8 Å². The van der Waals surface area contributed by atoms with E-state index in [2.05, 4.69) is 15.0 Å². The molecule has 0 saturated carbocycles. The zero-order valence-corrected chi connectivity index (χ0v) is 9.69. The normalized spacial score (nSPS) is 12.5. The first kappa shape index (κ1) is 10.8. The number of nitrogens with two attached hydrogens (primary N) is 1. The van der Waals surface area contributed by atoms with Gasteiger partial charge in [0.2, 0.25) is 0 Å². The van der Waals surface area contributed by atoms with Crippen molar-refractivity contribution < 1.29 is 0 Å². The molecule has 0 aliphatic heterocycles. The van der Waals surface area contributed by atoms with Gasteiger partial charge in [-0.05, 0) is 6.07 Å². The Morgan fingerprint density at radius 1 is 0.944 bits per heavy atom. The monoisotopic (exact) mass is 236 g/mol. The molecule has 0 aliphatic carbocycles. The Kier molecular flexibility index (Phi) is 2.70. The van der Waals surface area contributed by atoms with Crippen molar-refractivity contribution >= 4 is 10.9 Å². The quantitative estimate of drug-likeness (QED) is 0.739. The van der Waals surface area contributed by atoms with Crippen molar-refractivity contribution in [2.75, 3.05) is 0 Å². The third kappa shape index (κ3) is 1.83. The Labute approximate surface area is 105 Å². The topological polar surface area (TPSA) is 64.7 Å². The lowest BCUT2D eigenvalue weighted by Crippen LogP contribution is -2.14. The van der Waals surface area contributed by atoms with Crippen LogP contribution in [0.25, 0.3) is 10.9 Å². The number of pyridine rings is 1. The molecule has 3 aromatic rings. The van der Waals surface area contributed by atoms with E-state index in [1.165, 1.54) is 0 Å². The number of fused-ring (bicyclic) bond motifs is 1. The number of nitrogens with zero attached hydrogens (tertiary/aromatic N) is 3. The van der Waals surface area contributed by atoms with E-state index in [1.807, 2.05) is 30.3 Å². The summed E-state index contributed by atoms with van der Waals surface area (Å²) in [6.07, 6.45) is 6.74. The maximum absolute atomic E-state index is 6.24. The molecule has 0 fully saturated rings. The van der Waals surface area contributed by atoms with Crippen LogP contribution in [0.3, 0.4) is 0 Å². The average Bonchev–Trinajstić information content (AvgIpc) is 2.47. The molecule has 0 aliphatic rings. The second-order valence-corrected chi connectivity index (χ2v) is 4.03. The van der Waals surface area contributed by atoms with E-state index >= 15 is 0 Å². The first-order valence-corrected chi connectivity index (χ1v) is 5.71. The minimum Gasteiger partial charge on any atom is -0.319 e. The summed E-state index contributed by atoms with van der Waals surface area (Å²) in [5, 5.41) is 1.08. The molecule has 1 aromatic carbocycles. The van der Waals surface area contributed by atoms with E-state index in [9.17, 15) is 0 Å². The van der Waals surface area contributed by atoms with Crippen LogP contribution in [0.5, 0.6) is 0 Å².